The molecule has 250 valence electrons. The number of alkyl carbamates (subject to hydrolysis) is 1. The number of nitrogens with zero attached hydrogens (tertiary/aromatic N) is 1. The standard InChI is InChI=1S/C37H51N3O6/c1-5-20-44-36(43)38-22-25-10-16-29(17-11-25)35-45-30(21-33(46-35)28-14-12-26(24-41)13-15-28)23-40-31-9-7-6-8-27(31)18-19-32(40)34(42)39-37(2,3)4/h5,10-17,27,30-33,35,41H,1,6-9,18-24H2,2-4H3,(H,38,43)(H,39,42). The summed E-state index contributed by atoms with van der Waals surface area (Å²) in [6.45, 7) is 10.8. The second-order valence-corrected chi connectivity index (χ2v) is 14.0. The Morgan fingerprint density at radius 2 is 1.67 bits per heavy atom. The van der Waals surface area contributed by atoms with Crippen LogP contribution in [-0.2, 0) is 32.2 Å². The molecule has 5 rings (SSSR count). The quantitative estimate of drug-likeness (QED) is 0.272. The number of nitrogens with one attached hydrogen (secondary N) is 2. The lowest BCUT2D eigenvalue weighted by Gasteiger charge is -2.50. The summed E-state index contributed by atoms with van der Waals surface area (Å²) in [5.41, 5.74) is 3.39. The summed E-state index contributed by atoms with van der Waals surface area (Å²) in [6.07, 6.45) is 7.45. The van der Waals surface area contributed by atoms with Crippen LogP contribution in [0.15, 0.2) is 61.2 Å². The van der Waals surface area contributed by atoms with Crippen LogP contribution in [0.4, 0.5) is 4.79 Å². The second kappa shape index (κ2) is 15.6. The Labute approximate surface area is 273 Å². The number of benzene rings is 2. The molecule has 2 aromatic carbocycles. The van der Waals surface area contributed by atoms with Crippen LogP contribution in [0.3, 0.4) is 0 Å². The highest BCUT2D eigenvalue weighted by Gasteiger charge is 2.44. The number of aliphatic hydroxyl groups excluding tert-OH is 1. The Morgan fingerprint density at radius 3 is 2.37 bits per heavy atom. The van der Waals surface area contributed by atoms with Crippen LogP contribution in [-0.4, -0.2) is 58.9 Å². The van der Waals surface area contributed by atoms with Crippen molar-refractivity contribution >= 4 is 12.0 Å². The van der Waals surface area contributed by atoms with Gasteiger partial charge >= 0.3 is 6.09 Å². The minimum Gasteiger partial charge on any atom is -0.445 e. The fourth-order valence-corrected chi connectivity index (χ4v) is 7.15. The van der Waals surface area contributed by atoms with E-state index in [2.05, 4.69) is 22.1 Å². The van der Waals surface area contributed by atoms with Crippen molar-refractivity contribution in [1.82, 2.24) is 15.5 Å². The Hall–Kier alpha value is -3.24. The van der Waals surface area contributed by atoms with Gasteiger partial charge in [0.05, 0.1) is 24.9 Å². The van der Waals surface area contributed by atoms with Crippen LogP contribution in [0.5, 0.6) is 0 Å². The summed E-state index contributed by atoms with van der Waals surface area (Å²) < 4.78 is 18.3. The SMILES string of the molecule is C=CCOC(=O)NCc1ccc(C2OC(CN3C(C(=O)NC(C)(C)C)CCC4CCCCC43)CC(c3ccc(CO)cc3)O2)cc1. The number of carbonyl (C=O) groups is 2. The van der Waals surface area contributed by atoms with Crippen molar-refractivity contribution in [2.45, 2.75) is 115 Å². The van der Waals surface area contributed by atoms with E-state index in [0.717, 1.165) is 41.5 Å². The summed E-state index contributed by atoms with van der Waals surface area (Å²) in [5.74, 6) is 0.717. The van der Waals surface area contributed by atoms with Gasteiger partial charge in [-0.05, 0) is 69.1 Å². The third-order valence-electron chi connectivity index (χ3n) is 9.36. The van der Waals surface area contributed by atoms with Gasteiger partial charge in [0, 0.05) is 36.7 Å². The number of carbonyl (C=O) groups excluding carboxylic acids is 2. The van der Waals surface area contributed by atoms with Gasteiger partial charge < -0.3 is 30.0 Å². The lowest BCUT2D eigenvalue weighted by atomic mass is 9.75. The maximum absolute atomic E-state index is 13.7. The highest BCUT2D eigenvalue weighted by molar-refractivity contribution is 5.82. The number of fused-ring (bicyclic) bond motifs is 1. The Morgan fingerprint density at radius 1 is 0.978 bits per heavy atom. The van der Waals surface area contributed by atoms with E-state index in [4.69, 9.17) is 14.2 Å². The van der Waals surface area contributed by atoms with Gasteiger partial charge in [-0.2, -0.15) is 0 Å². The van der Waals surface area contributed by atoms with E-state index in [9.17, 15) is 14.7 Å². The van der Waals surface area contributed by atoms with E-state index in [0.29, 0.717) is 31.5 Å². The predicted octanol–water partition coefficient (Wildman–Crippen LogP) is 6.07. The first-order chi connectivity index (χ1) is 22.1. The molecule has 2 aliphatic heterocycles. The molecular formula is C37H51N3O6. The first-order valence-corrected chi connectivity index (χ1v) is 16.8. The number of aliphatic hydroxyl groups is 1. The molecule has 9 nitrogen and oxygen atoms in total. The van der Waals surface area contributed by atoms with Crippen molar-refractivity contribution in [3.63, 3.8) is 0 Å². The second-order valence-electron chi connectivity index (χ2n) is 14.0. The zero-order valence-corrected chi connectivity index (χ0v) is 27.6. The largest absolute Gasteiger partial charge is 0.445 e. The number of piperidine rings is 1. The van der Waals surface area contributed by atoms with Gasteiger partial charge in [-0.3, -0.25) is 9.69 Å². The number of hydrogen-bond acceptors (Lipinski definition) is 7. The van der Waals surface area contributed by atoms with E-state index in [-0.39, 0.29) is 42.9 Å². The Bertz CT molecular complexity index is 1310. The van der Waals surface area contributed by atoms with Crippen LogP contribution >= 0.6 is 0 Å². The molecular weight excluding hydrogens is 582 g/mol. The highest BCUT2D eigenvalue weighted by atomic mass is 16.7. The molecule has 1 saturated carbocycles. The highest BCUT2D eigenvalue weighted by Crippen LogP contribution is 2.42. The van der Waals surface area contributed by atoms with Crippen LogP contribution in [0, 0.1) is 5.92 Å². The van der Waals surface area contributed by atoms with Gasteiger partial charge in [0.2, 0.25) is 5.91 Å². The maximum Gasteiger partial charge on any atom is 0.407 e. The zero-order valence-electron chi connectivity index (χ0n) is 27.6. The average molecular weight is 634 g/mol. The topological polar surface area (TPSA) is 109 Å². The van der Waals surface area contributed by atoms with E-state index in [1.165, 1.54) is 25.3 Å². The van der Waals surface area contributed by atoms with Crippen molar-refractivity contribution in [1.29, 1.82) is 0 Å². The zero-order chi connectivity index (χ0) is 32.7. The van der Waals surface area contributed by atoms with Gasteiger partial charge in [0.25, 0.3) is 0 Å². The summed E-state index contributed by atoms with van der Waals surface area (Å²) in [6, 6.07) is 16.0. The van der Waals surface area contributed by atoms with Gasteiger partial charge in [0.1, 0.15) is 6.61 Å². The molecule has 2 amide bonds. The Balaban J connectivity index is 1.36. The van der Waals surface area contributed by atoms with Gasteiger partial charge in [-0.1, -0.05) is 74.0 Å². The van der Waals surface area contributed by atoms with E-state index in [1.807, 2.05) is 69.3 Å². The van der Waals surface area contributed by atoms with Crippen molar-refractivity contribution in [3.05, 3.63) is 83.4 Å². The van der Waals surface area contributed by atoms with Gasteiger partial charge in [-0.25, -0.2) is 4.79 Å². The fraction of sp³-hybridized carbons (Fsp3) is 0.568. The molecule has 3 fully saturated rings. The van der Waals surface area contributed by atoms with Crippen LogP contribution in [0.2, 0.25) is 0 Å². The fourth-order valence-electron chi connectivity index (χ4n) is 7.15. The third kappa shape index (κ3) is 8.97. The smallest absolute Gasteiger partial charge is 0.407 e. The minimum absolute atomic E-state index is 0.0110. The monoisotopic (exact) mass is 633 g/mol. The third-order valence-corrected chi connectivity index (χ3v) is 9.36. The predicted molar refractivity (Wildman–Crippen MR) is 177 cm³/mol. The number of ether oxygens (including phenoxy) is 3. The first kappa shape index (κ1) is 34.1. The normalized spacial score (nSPS) is 26.9. The molecule has 0 radical (unpaired) electrons. The van der Waals surface area contributed by atoms with Crippen LogP contribution in [0.1, 0.15) is 100 Å². The van der Waals surface area contributed by atoms with Gasteiger partial charge in [0.15, 0.2) is 6.29 Å². The first-order valence-electron chi connectivity index (χ1n) is 16.8. The van der Waals surface area contributed by atoms with Crippen LogP contribution in [0.25, 0.3) is 0 Å². The molecule has 9 heteroatoms. The summed E-state index contributed by atoms with van der Waals surface area (Å²) >= 11 is 0. The van der Waals surface area contributed by atoms with Crippen molar-refractivity contribution in [2.24, 2.45) is 5.92 Å². The average Bonchev–Trinajstić information content (AvgIpc) is 3.06. The van der Waals surface area contributed by atoms with Gasteiger partial charge in [-0.15, -0.1) is 0 Å². The number of hydrogen-bond donors (Lipinski definition) is 3. The molecule has 1 aliphatic carbocycles. The summed E-state index contributed by atoms with van der Waals surface area (Å²) in [4.78, 5) is 28.0. The lowest BCUT2D eigenvalue weighted by Crippen LogP contribution is -2.61. The van der Waals surface area contributed by atoms with Crippen molar-refractivity contribution < 1.29 is 28.9 Å². The number of rotatable bonds is 10. The van der Waals surface area contributed by atoms with E-state index < -0.39 is 12.4 Å². The lowest BCUT2D eigenvalue weighted by molar-refractivity contribution is -0.255. The molecule has 2 saturated heterocycles. The number of likely N-dealkylation sites (tertiary alicyclic amines) is 1. The van der Waals surface area contributed by atoms with E-state index in [1.54, 1.807) is 0 Å². The number of amides is 2. The van der Waals surface area contributed by atoms with Crippen LogP contribution < -0.4 is 10.6 Å². The molecule has 46 heavy (non-hydrogen) atoms. The maximum atomic E-state index is 13.7. The van der Waals surface area contributed by atoms with E-state index >= 15 is 0 Å². The molecule has 0 aromatic heterocycles. The molecule has 0 spiro atoms. The molecule has 0 bridgehead atoms. The molecule has 3 N–H and O–H groups in total. The molecule has 2 heterocycles. The molecule has 6 atom stereocenters. The van der Waals surface area contributed by atoms with Crippen molar-refractivity contribution in [3.8, 4) is 0 Å². The van der Waals surface area contributed by atoms with Crippen molar-refractivity contribution in [2.75, 3.05) is 13.2 Å². The summed E-state index contributed by atoms with van der Waals surface area (Å²) in [5, 5.41) is 15.6. The summed E-state index contributed by atoms with van der Waals surface area (Å²) in [7, 11) is 0. The minimum atomic E-state index is -0.602. The Kier molecular flexibility index (Phi) is 11.5. The molecule has 2 aromatic rings. The molecule has 6 unspecified atom stereocenters. The molecule has 3 aliphatic rings.